The molecule has 0 spiro atoms. The number of nitrogens with one attached hydrogen (secondary N) is 3. The molecule has 14 rings (SSSR count). The quantitative estimate of drug-likeness (QED) is 0.149. The Hall–Kier alpha value is -8.26. The molecule has 0 amide bonds. The van der Waals surface area contributed by atoms with Crippen molar-refractivity contribution in [2.24, 2.45) is 0 Å². The van der Waals surface area contributed by atoms with Crippen molar-refractivity contribution in [2.75, 3.05) is 0 Å². The van der Waals surface area contributed by atoms with Gasteiger partial charge in [0.1, 0.15) is 11.2 Å². The van der Waals surface area contributed by atoms with Gasteiger partial charge in [0.05, 0.1) is 41.1 Å². The van der Waals surface area contributed by atoms with Crippen LogP contribution in [0.25, 0.3) is 93.5 Å². The summed E-state index contributed by atoms with van der Waals surface area (Å²) in [5.41, 5.74) is 16.0. The van der Waals surface area contributed by atoms with Crippen LogP contribution in [-0.2, 0) is 0 Å². The lowest BCUT2D eigenvalue weighted by Crippen LogP contribution is -2.54. The Balaban J connectivity index is 0.918. The molecule has 1 aliphatic heterocycles. The molecule has 0 saturated carbocycles. The van der Waals surface area contributed by atoms with Gasteiger partial charge in [-0.2, -0.15) is 0 Å². The average molecular weight is 890 g/mol. The first kappa shape index (κ1) is 39.9. The lowest BCUT2D eigenvalue weighted by Gasteiger charge is -2.40. The fraction of sp³-hybridized carbons (Fsp3) is 0.0794. The highest BCUT2D eigenvalue weighted by atomic mass is 16.3. The van der Waals surface area contributed by atoms with E-state index < -0.39 is 0 Å². The molecule has 9 aromatic carbocycles. The number of fused-ring (bicyclic) bond motifs is 9. The summed E-state index contributed by atoms with van der Waals surface area (Å²) in [6.45, 7) is 0. The summed E-state index contributed by atoms with van der Waals surface area (Å²) in [6.07, 6.45) is 9.42. The van der Waals surface area contributed by atoms with Crippen LogP contribution in [0.15, 0.2) is 235 Å². The second-order valence-corrected chi connectivity index (χ2v) is 18.5. The third kappa shape index (κ3) is 6.67. The predicted octanol–water partition coefficient (Wildman–Crippen LogP) is 15.4. The Morgan fingerprint density at radius 2 is 1.01 bits per heavy atom. The molecule has 6 heteroatoms. The Bertz CT molecular complexity index is 3980. The third-order valence-electron chi connectivity index (χ3n) is 14.6. The van der Waals surface area contributed by atoms with Crippen LogP contribution in [0.2, 0.25) is 0 Å². The zero-order chi connectivity index (χ0) is 45.4. The van der Waals surface area contributed by atoms with Crippen molar-refractivity contribution >= 4 is 65.6 Å². The smallest absolute Gasteiger partial charge is 0.137 e. The van der Waals surface area contributed by atoms with Gasteiger partial charge >= 0.3 is 0 Å². The molecule has 4 unspecified atom stereocenters. The van der Waals surface area contributed by atoms with Crippen molar-refractivity contribution in [3.63, 3.8) is 0 Å². The molecule has 12 aromatic rings. The molecule has 69 heavy (non-hydrogen) atoms. The average Bonchev–Trinajstić information content (AvgIpc) is 4.07. The number of furan rings is 1. The van der Waals surface area contributed by atoms with E-state index in [0.29, 0.717) is 0 Å². The molecule has 3 aromatic heterocycles. The molecule has 1 fully saturated rings. The molecule has 4 atom stereocenters. The van der Waals surface area contributed by atoms with Gasteiger partial charge in [-0.1, -0.05) is 170 Å². The topological polar surface area (TPSA) is 59.1 Å². The van der Waals surface area contributed by atoms with Gasteiger partial charge in [0.2, 0.25) is 0 Å². The second kappa shape index (κ2) is 16.2. The van der Waals surface area contributed by atoms with E-state index in [1.54, 1.807) is 0 Å². The van der Waals surface area contributed by atoms with Crippen molar-refractivity contribution in [3.8, 4) is 27.9 Å². The Kier molecular flexibility index (Phi) is 9.37. The first-order chi connectivity index (χ1) is 34.2. The number of allylic oxidation sites excluding steroid dienone is 4. The van der Waals surface area contributed by atoms with Crippen molar-refractivity contribution in [1.29, 1.82) is 0 Å². The van der Waals surface area contributed by atoms with Crippen LogP contribution in [0, 0.1) is 0 Å². The minimum Gasteiger partial charge on any atom is -0.456 e. The molecule has 2 aliphatic rings. The Labute approximate surface area is 399 Å². The van der Waals surface area contributed by atoms with Gasteiger partial charge in [-0.25, -0.2) is 0 Å². The lowest BCUT2D eigenvalue weighted by atomic mass is 9.98. The van der Waals surface area contributed by atoms with E-state index in [2.05, 4.69) is 256 Å². The van der Waals surface area contributed by atoms with Gasteiger partial charge in [0.25, 0.3) is 0 Å². The van der Waals surface area contributed by atoms with Crippen LogP contribution >= 0.6 is 0 Å². The summed E-state index contributed by atoms with van der Waals surface area (Å²) in [4.78, 5) is 0. The largest absolute Gasteiger partial charge is 0.456 e. The summed E-state index contributed by atoms with van der Waals surface area (Å²) in [5, 5.41) is 19.0. The standard InChI is InChI=1S/C63H47N5O/c1-5-16-40(17-6-1)41-28-30-43(31-29-41)62-64-61(42-18-7-2-8-19-42)65-63(66-62)49-25-15-27-58-60(49)53-38-52-51-37-45(33-35-56(51)68(47-22-11-4-12-23-47)57(52)39-59(53)69-58)44-32-34-55-50(36-44)48-24-13-14-26-54(48)67(55)46-20-9-3-10-21-46/h1-22,24-39,47,61-66H,23H2. The van der Waals surface area contributed by atoms with Crippen LogP contribution in [0.4, 0.5) is 0 Å². The van der Waals surface area contributed by atoms with Crippen LogP contribution in [0.1, 0.15) is 47.7 Å². The number of benzene rings is 9. The molecule has 4 heterocycles. The fourth-order valence-corrected chi connectivity index (χ4v) is 11.3. The normalized spacial score (nSPS) is 18.4. The summed E-state index contributed by atoms with van der Waals surface area (Å²) in [5.74, 6) is 0. The number of para-hydroxylation sites is 2. The lowest BCUT2D eigenvalue weighted by molar-refractivity contribution is 0.204. The first-order valence-corrected chi connectivity index (χ1v) is 24.0. The minimum atomic E-state index is -0.203. The first-order valence-electron chi connectivity index (χ1n) is 24.0. The van der Waals surface area contributed by atoms with E-state index in [1.807, 2.05) is 0 Å². The fourth-order valence-electron chi connectivity index (χ4n) is 11.3. The van der Waals surface area contributed by atoms with Gasteiger partial charge in [0, 0.05) is 49.6 Å². The summed E-state index contributed by atoms with van der Waals surface area (Å²) < 4.78 is 11.8. The maximum Gasteiger partial charge on any atom is 0.137 e. The number of hydrogen-bond acceptors (Lipinski definition) is 4. The van der Waals surface area contributed by atoms with Gasteiger partial charge in [-0.3, -0.25) is 16.0 Å². The third-order valence-corrected chi connectivity index (χ3v) is 14.6. The van der Waals surface area contributed by atoms with E-state index >= 15 is 0 Å². The highest BCUT2D eigenvalue weighted by Crippen LogP contribution is 2.44. The molecule has 6 nitrogen and oxygen atoms in total. The zero-order valence-corrected chi connectivity index (χ0v) is 37.8. The molecule has 1 aliphatic carbocycles. The highest BCUT2D eigenvalue weighted by Gasteiger charge is 2.32. The SMILES string of the molecule is C1=CCC(n2c3ccc(-c4ccc5c(c4)c4ccccc4n5-c4ccccc4)cc3c3cc4c(cc32)oc2cccc(C3NC(c5ccccc5)NC(c5ccc(-c6ccccc6)cc5)N3)c24)C=C1. The van der Waals surface area contributed by atoms with E-state index in [9.17, 15) is 0 Å². The van der Waals surface area contributed by atoms with Crippen molar-refractivity contribution in [1.82, 2.24) is 25.1 Å². The van der Waals surface area contributed by atoms with Crippen molar-refractivity contribution in [2.45, 2.75) is 31.0 Å². The summed E-state index contributed by atoms with van der Waals surface area (Å²) in [6, 6.07) is 75.0. The number of hydrogen-bond donors (Lipinski definition) is 3. The molecule has 0 radical (unpaired) electrons. The van der Waals surface area contributed by atoms with Gasteiger partial charge in [-0.05, 0) is 100.0 Å². The molecule has 1 saturated heterocycles. The van der Waals surface area contributed by atoms with E-state index in [0.717, 1.165) is 39.6 Å². The Morgan fingerprint density at radius 3 is 1.77 bits per heavy atom. The van der Waals surface area contributed by atoms with Crippen molar-refractivity contribution in [3.05, 3.63) is 247 Å². The van der Waals surface area contributed by atoms with E-state index in [-0.39, 0.29) is 24.5 Å². The predicted molar refractivity (Wildman–Crippen MR) is 284 cm³/mol. The van der Waals surface area contributed by atoms with E-state index in [1.165, 1.54) is 77.0 Å². The van der Waals surface area contributed by atoms with Gasteiger partial charge in [0.15, 0.2) is 0 Å². The Morgan fingerprint density at radius 1 is 0.406 bits per heavy atom. The second-order valence-electron chi connectivity index (χ2n) is 18.5. The summed E-state index contributed by atoms with van der Waals surface area (Å²) in [7, 11) is 0. The van der Waals surface area contributed by atoms with Gasteiger partial charge in [-0.15, -0.1) is 0 Å². The van der Waals surface area contributed by atoms with Crippen LogP contribution in [-0.4, -0.2) is 9.13 Å². The highest BCUT2D eigenvalue weighted by molar-refractivity contribution is 6.18. The molecule has 330 valence electrons. The molecule has 0 bridgehead atoms. The maximum absolute atomic E-state index is 6.89. The minimum absolute atomic E-state index is 0.112. The van der Waals surface area contributed by atoms with Crippen LogP contribution < -0.4 is 16.0 Å². The number of rotatable bonds is 7. The van der Waals surface area contributed by atoms with Crippen molar-refractivity contribution < 1.29 is 4.42 Å². The maximum atomic E-state index is 6.89. The van der Waals surface area contributed by atoms with Crippen LogP contribution in [0.3, 0.4) is 0 Å². The van der Waals surface area contributed by atoms with Crippen LogP contribution in [0.5, 0.6) is 0 Å². The zero-order valence-electron chi connectivity index (χ0n) is 37.8. The van der Waals surface area contributed by atoms with E-state index in [4.69, 9.17) is 4.42 Å². The molecular formula is C63H47N5O. The molecule has 3 N–H and O–H groups in total. The monoisotopic (exact) mass is 889 g/mol. The number of aromatic nitrogens is 2. The molecular weight excluding hydrogens is 843 g/mol. The van der Waals surface area contributed by atoms with Gasteiger partial charge < -0.3 is 13.6 Å². The number of nitrogens with zero attached hydrogens (tertiary/aromatic N) is 2. The summed E-state index contributed by atoms with van der Waals surface area (Å²) >= 11 is 0.